The van der Waals surface area contributed by atoms with Crippen LogP contribution in [0.25, 0.3) is 6.08 Å². The molecule has 0 saturated heterocycles. The van der Waals surface area contributed by atoms with Gasteiger partial charge in [0, 0.05) is 22.1 Å². The van der Waals surface area contributed by atoms with Crippen LogP contribution in [-0.4, -0.2) is 131 Å². The number of amides is 1. The Hall–Kier alpha value is -8.35. The molecule has 0 heterocycles. The number of carbonyl (C=O) groups is 12. The highest BCUT2D eigenvalue weighted by atomic mass is 32.3. The van der Waals surface area contributed by atoms with Crippen LogP contribution >= 0.6 is 0 Å². The third-order valence-corrected chi connectivity index (χ3v) is 18.7. The third-order valence-electron chi connectivity index (χ3n) is 16.9. The lowest BCUT2D eigenvalue weighted by molar-refractivity contribution is -0.171. The number of rotatable bonds is 34. The molecule has 5 atom stereocenters. The zero-order valence-electron chi connectivity index (χ0n) is 69.3. The predicted octanol–water partition coefficient (Wildman–Crippen LogP) is 18.6. The van der Waals surface area contributed by atoms with E-state index in [1.807, 2.05) is 77.1 Å². The molecule has 3 N–H and O–H groups in total. The van der Waals surface area contributed by atoms with Gasteiger partial charge in [-0.1, -0.05) is 130 Å². The number of Topliss-reactive ketones (excluding diaryl/α,β-unsaturated/α-hetero) is 5. The highest BCUT2D eigenvalue weighted by molar-refractivity contribution is 8.12. The van der Waals surface area contributed by atoms with Crippen LogP contribution in [0.1, 0.15) is 289 Å². The molecule has 1 amide bonds. The van der Waals surface area contributed by atoms with Gasteiger partial charge in [-0.05, 0) is 249 Å². The lowest BCUT2D eigenvalue weighted by Crippen LogP contribution is -2.50. The summed E-state index contributed by atoms with van der Waals surface area (Å²) < 4.78 is 67.7. The largest absolute Gasteiger partial charge is 0.502 e. The highest BCUT2D eigenvalue weighted by Gasteiger charge is 2.50. The second-order valence-corrected chi connectivity index (χ2v) is 35.4. The lowest BCUT2D eigenvalue weighted by Gasteiger charge is -2.36. The van der Waals surface area contributed by atoms with E-state index in [-0.39, 0.29) is 71.8 Å². The maximum Gasteiger partial charge on any atom is 0.333 e. The van der Waals surface area contributed by atoms with Gasteiger partial charge in [-0.25, -0.2) is 9.00 Å². The Morgan fingerprint density at radius 1 is 0.459 bits per heavy atom. The molecule has 0 saturated carbocycles. The van der Waals surface area contributed by atoms with E-state index in [1.165, 1.54) is 33.1 Å². The van der Waals surface area contributed by atoms with E-state index >= 15 is 0 Å². The van der Waals surface area contributed by atoms with Crippen molar-refractivity contribution in [1.82, 2.24) is 5.32 Å². The first kappa shape index (κ1) is 116. The summed E-state index contributed by atoms with van der Waals surface area (Å²) in [4.78, 5) is 144. The molecule has 0 aliphatic carbocycles. The van der Waals surface area contributed by atoms with Gasteiger partial charge >= 0.3 is 35.8 Å². The van der Waals surface area contributed by atoms with Gasteiger partial charge in [-0.15, -0.1) is 0 Å². The molecule has 0 bridgehead atoms. The Morgan fingerprint density at radius 3 is 1.11 bits per heavy atom. The molecular formula is C87H145NO22S. The van der Waals surface area contributed by atoms with Crippen molar-refractivity contribution in [3.05, 3.63) is 128 Å². The number of esters is 6. The average Bonchev–Trinajstić information content (AvgIpc) is 0.792. The van der Waals surface area contributed by atoms with E-state index in [0.717, 1.165) is 25.0 Å². The van der Waals surface area contributed by atoms with Crippen molar-refractivity contribution in [1.29, 1.82) is 0 Å². The zero-order valence-corrected chi connectivity index (χ0v) is 70.1. The van der Waals surface area contributed by atoms with E-state index in [0.29, 0.717) is 68.1 Å². The molecule has 0 fully saturated rings. The van der Waals surface area contributed by atoms with E-state index in [4.69, 9.17) is 33.2 Å². The summed E-state index contributed by atoms with van der Waals surface area (Å²) in [5.41, 5.74) is -8.00. The average molecular weight is 1590 g/mol. The quantitative estimate of drug-likeness (QED) is 0.0111. The minimum atomic E-state index is -5.23. The van der Waals surface area contributed by atoms with Crippen LogP contribution in [0.4, 0.5) is 0 Å². The molecule has 2 aromatic carbocycles. The Kier molecular flexibility index (Phi) is 49.3. The van der Waals surface area contributed by atoms with Crippen LogP contribution in [0.15, 0.2) is 111 Å². The minimum Gasteiger partial charge on any atom is -0.502 e. The number of hydrogen-bond donors (Lipinski definition) is 3. The van der Waals surface area contributed by atoms with Crippen LogP contribution in [0.3, 0.4) is 0 Å². The standard InChI is InChI=1S/C23H26O3.C18H31NO4.C16H26O5.C14H24O4.C12H22O6S.4CH4/c1-6-17-13-15-18(16-14-17)20(24)23(5,7-2)21(25)26-22(3,4)19-11-9-8-10-12-19;1-9-14(21)19-17(6,7)11-10-12-18(8,13(2)20)15(22)23-16(3,4)5;1-11(2)13(18)20-10-8-9-16(7,12(3)17)14(19)21-15(4,5)6;1-7-17-10-8-9-14(6,11(2)15)12(16)18-13(3,4)5;1-7-19(15,16,17)8-12(6,9(2)13)10(14)18-11(3,4)5;;;;/h6,8-16H,1,7H2,2-5H3;9H,1,10-12H2,2-8H3,(H,19,21);1,8-10H2,2-7H3;7H,1,8-10H2,2-6H3;7H,1,8H2,2-6H3,(H2,15,16,17);4*1H4. The van der Waals surface area contributed by atoms with Crippen molar-refractivity contribution < 1.29 is 104 Å². The number of hydrogen-bond acceptors (Lipinski definition) is 20. The maximum absolute atomic E-state index is 13.0. The Labute approximate surface area is 667 Å². The number of ether oxygens (including phenoxy) is 7. The van der Waals surface area contributed by atoms with E-state index in [9.17, 15) is 70.8 Å². The van der Waals surface area contributed by atoms with Crippen molar-refractivity contribution in [2.24, 2.45) is 27.1 Å². The SMILES string of the molecule is C.C.C.C.C=C(C)C(=O)OCCCC(C)(C(C)=O)C(=O)OC(C)(C)C.C=CC(=O)NC(C)(C)CCCC(C)(C(C)=O)C(=O)OC(C)(C)C.C=COCCCC(C)(C(C)=O)C(=O)OC(C)(C)C.C=CS(=O)(O)(O)CC(C)(C(C)=O)C(=O)OC(C)(C)C.C=Cc1ccc(C(=O)C(C)(CC)C(=O)OC(C)(C)c2ccccc2)cc1. The van der Waals surface area contributed by atoms with Crippen molar-refractivity contribution in [2.75, 3.05) is 19.0 Å². The molecule has 0 aromatic heterocycles. The zero-order chi connectivity index (χ0) is 84.8. The van der Waals surface area contributed by atoms with Gasteiger partial charge in [0.05, 0.1) is 25.2 Å². The predicted molar refractivity (Wildman–Crippen MR) is 445 cm³/mol. The molecule has 0 aliphatic rings. The fourth-order valence-electron chi connectivity index (χ4n) is 9.10. The second kappa shape index (κ2) is 47.2. The third kappa shape index (κ3) is 42.2. The van der Waals surface area contributed by atoms with Crippen molar-refractivity contribution in [3.63, 3.8) is 0 Å². The van der Waals surface area contributed by atoms with Crippen molar-refractivity contribution >= 4 is 86.3 Å². The van der Waals surface area contributed by atoms with Gasteiger partial charge in [0.1, 0.15) is 87.8 Å². The fraction of sp³-hybridized carbons (Fsp3) is 0.609. The normalized spacial score (nSPS) is 14.2. The molecule has 111 heavy (non-hydrogen) atoms. The molecule has 5 unspecified atom stereocenters. The molecule has 0 radical (unpaired) electrons. The molecule has 636 valence electrons. The molecule has 2 rings (SSSR count). The topological polar surface area (TPSA) is 339 Å². The van der Waals surface area contributed by atoms with Gasteiger partial charge in [-0.3, -0.25) is 52.7 Å². The minimum absolute atomic E-state index is 0. The number of ketones is 5. The van der Waals surface area contributed by atoms with Gasteiger partial charge in [-0.2, -0.15) is 0 Å². The highest BCUT2D eigenvalue weighted by Crippen LogP contribution is 2.37. The number of benzene rings is 2. The van der Waals surface area contributed by atoms with Gasteiger partial charge < -0.3 is 47.6 Å². The van der Waals surface area contributed by atoms with E-state index in [2.05, 4.69) is 38.2 Å². The monoisotopic (exact) mass is 1590 g/mol. The Morgan fingerprint density at radius 2 is 0.802 bits per heavy atom. The van der Waals surface area contributed by atoms with Gasteiger partial charge in [0.25, 0.3) is 0 Å². The molecule has 24 heteroatoms. The number of carbonyl (C=O) groups excluding carboxylic acids is 12. The van der Waals surface area contributed by atoms with Crippen LogP contribution < -0.4 is 5.32 Å². The van der Waals surface area contributed by atoms with E-state index < -0.39 is 118 Å². The molecule has 23 nitrogen and oxygen atoms in total. The fourth-order valence-corrected chi connectivity index (χ4v) is 10.6. The first-order valence-corrected chi connectivity index (χ1v) is 37.6. The molecule has 0 aliphatic heterocycles. The summed E-state index contributed by atoms with van der Waals surface area (Å²) >= 11 is 0. The van der Waals surface area contributed by atoms with Gasteiger partial charge in [0.2, 0.25) is 5.91 Å². The maximum atomic E-state index is 13.0. The van der Waals surface area contributed by atoms with E-state index in [1.54, 1.807) is 136 Å². The van der Waals surface area contributed by atoms with Crippen LogP contribution in [0, 0.1) is 27.1 Å². The smallest absolute Gasteiger partial charge is 0.333 e. The summed E-state index contributed by atoms with van der Waals surface area (Å²) in [6.45, 7) is 62.2. The lowest BCUT2D eigenvalue weighted by atomic mass is 9.79. The van der Waals surface area contributed by atoms with Crippen LogP contribution in [0.5, 0.6) is 0 Å². The van der Waals surface area contributed by atoms with Crippen LogP contribution in [0.2, 0.25) is 0 Å². The summed E-state index contributed by atoms with van der Waals surface area (Å²) in [6.07, 6.45) is 7.94. The second-order valence-electron chi connectivity index (χ2n) is 32.7. The van der Waals surface area contributed by atoms with Crippen molar-refractivity contribution in [2.45, 2.75) is 302 Å². The first-order valence-electron chi connectivity index (χ1n) is 35.4. The molecule has 0 spiro atoms. The molecular weight excluding hydrogens is 1440 g/mol. The van der Waals surface area contributed by atoms with Crippen LogP contribution in [-0.2, 0) is 101 Å². The summed E-state index contributed by atoms with van der Waals surface area (Å²) in [6, 6.07) is 16.6. The number of nitrogens with one attached hydrogen (secondary N) is 1. The Bertz CT molecular complexity index is 3530. The summed E-state index contributed by atoms with van der Waals surface area (Å²) in [5.74, 6) is -6.23. The van der Waals surface area contributed by atoms with Crippen molar-refractivity contribution in [3.8, 4) is 0 Å². The first-order chi connectivity index (χ1) is 48.1. The summed E-state index contributed by atoms with van der Waals surface area (Å²) in [5, 5.41) is 3.28. The summed E-state index contributed by atoms with van der Waals surface area (Å²) in [7, 11) is -5.23. The van der Waals surface area contributed by atoms with Gasteiger partial charge in [0.15, 0.2) is 5.78 Å². The molecule has 2 aromatic rings. The Balaban J connectivity index is -0.000000243.